The highest BCUT2D eigenvalue weighted by molar-refractivity contribution is 7.92. The predicted octanol–water partition coefficient (Wildman–Crippen LogP) is 0.936. The maximum absolute atomic E-state index is 11.8. The second-order valence-electron chi connectivity index (χ2n) is 3.56. The van der Waals surface area contributed by atoms with Crippen molar-refractivity contribution in [2.45, 2.75) is 10.8 Å². The smallest absolute Gasteiger partial charge is 0.295 e. The minimum atomic E-state index is -3.72. The number of nitrogens with two attached hydrogens (primary N) is 1. The van der Waals surface area contributed by atoms with Crippen LogP contribution in [0.3, 0.4) is 0 Å². The van der Waals surface area contributed by atoms with Crippen molar-refractivity contribution >= 4 is 27.3 Å². The Morgan fingerprint density at radius 3 is 2.84 bits per heavy atom. The third-order valence-corrected chi connectivity index (χ3v) is 4.81. The number of guanidine groups is 1. The topological polar surface area (TPSA) is 97.4 Å². The van der Waals surface area contributed by atoms with Crippen LogP contribution in [0.4, 0.5) is 0 Å². The minimum absolute atomic E-state index is 0.154. The number of thiophene rings is 1. The lowest BCUT2D eigenvalue weighted by Gasteiger charge is -2.04. The number of nitrogens with one attached hydrogen (secondary N) is 1. The van der Waals surface area contributed by atoms with Gasteiger partial charge in [-0.05, 0) is 23.6 Å². The van der Waals surface area contributed by atoms with Gasteiger partial charge in [-0.3, -0.25) is 4.98 Å². The predicted molar refractivity (Wildman–Crippen MR) is 74.2 cm³/mol. The summed E-state index contributed by atoms with van der Waals surface area (Å²) in [5, 5.41) is 4.37. The number of nitrogens with zero attached hydrogens (tertiary/aromatic N) is 2. The van der Waals surface area contributed by atoms with Crippen LogP contribution in [0, 0.1) is 0 Å². The Hall–Kier alpha value is -1.93. The molecule has 0 saturated carbocycles. The number of pyridine rings is 1. The van der Waals surface area contributed by atoms with Gasteiger partial charge in [0.1, 0.15) is 4.21 Å². The van der Waals surface area contributed by atoms with E-state index >= 15 is 0 Å². The van der Waals surface area contributed by atoms with Gasteiger partial charge < -0.3 is 11.1 Å². The summed E-state index contributed by atoms with van der Waals surface area (Å²) >= 11 is 1.10. The van der Waals surface area contributed by atoms with E-state index in [1.807, 2.05) is 6.07 Å². The Bertz CT molecular complexity index is 651. The van der Waals surface area contributed by atoms with Crippen LogP contribution >= 0.6 is 11.3 Å². The standard InChI is InChI=1S/C11H12N4O2S2/c12-11(14-8-9-4-1-2-6-13-9)15-19(16,17)10-5-3-7-18-10/h1-7H,8H2,(H3,12,14,15). The van der Waals surface area contributed by atoms with Crippen molar-refractivity contribution in [3.8, 4) is 0 Å². The molecule has 6 nitrogen and oxygen atoms in total. The molecule has 2 aromatic rings. The normalized spacial score (nSPS) is 12.3. The molecule has 2 rings (SSSR count). The molecule has 0 aliphatic carbocycles. The highest BCUT2D eigenvalue weighted by atomic mass is 32.2. The first-order valence-corrected chi connectivity index (χ1v) is 7.67. The summed E-state index contributed by atoms with van der Waals surface area (Å²) in [6.07, 6.45) is 1.65. The van der Waals surface area contributed by atoms with E-state index in [9.17, 15) is 8.42 Å². The fourth-order valence-corrected chi connectivity index (χ4v) is 3.18. The van der Waals surface area contributed by atoms with Crippen molar-refractivity contribution in [1.29, 1.82) is 0 Å². The van der Waals surface area contributed by atoms with Crippen molar-refractivity contribution in [3.63, 3.8) is 0 Å². The Morgan fingerprint density at radius 2 is 2.21 bits per heavy atom. The van der Waals surface area contributed by atoms with Gasteiger partial charge >= 0.3 is 0 Å². The molecule has 0 aliphatic heterocycles. The molecule has 0 saturated heterocycles. The van der Waals surface area contributed by atoms with Gasteiger partial charge in [-0.15, -0.1) is 15.7 Å². The average Bonchev–Trinajstić information content (AvgIpc) is 2.92. The highest BCUT2D eigenvalue weighted by Gasteiger charge is 2.14. The van der Waals surface area contributed by atoms with Gasteiger partial charge in [0.25, 0.3) is 10.0 Å². The fraction of sp³-hybridized carbons (Fsp3) is 0.0909. The summed E-state index contributed by atoms with van der Waals surface area (Å²) < 4.78 is 27.3. The van der Waals surface area contributed by atoms with Gasteiger partial charge in [0, 0.05) is 6.20 Å². The van der Waals surface area contributed by atoms with Gasteiger partial charge in [-0.25, -0.2) is 0 Å². The van der Waals surface area contributed by atoms with E-state index in [2.05, 4.69) is 14.7 Å². The molecule has 0 aromatic carbocycles. The minimum Gasteiger partial charge on any atom is -0.369 e. The second-order valence-corrected chi connectivity index (χ2v) is 6.34. The summed E-state index contributed by atoms with van der Waals surface area (Å²) in [4.78, 5) is 4.08. The number of rotatable bonds is 4. The maximum Gasteiger partial charge on any atom is 0.295 e. The second kappa shape index (κ2) is 5.81. The van der Waals surface area contributed by atoms with Gasteiger partial charge in [0.05, 0.1) is 12.2 Å². The van der Waals surface area contributed by atoms with E-state index in [0.717, 1.165) is 17.0 Å². The van der Waals surface area contributed by atoms with E-state index in [1.54, 1.807) is 29.8 Å². The molecule has 0 radical (unpaired) electrons. The summed E-state index contributed by atoms with van der Waals surface area (Å²) in [6.45, 7) is 0.316. The number of aromatic nitrogens is 1. The largest absolute Gasteiger partial charge is 0.369 e. The lowest BCUT2D eigenvalue weighted by molar-refractivity contribution is 0.599. The maximum atomic E-state index is 11.8. The van der Waals surface area contributed by atoms with Gasteiger partial charge in [-0.1, -0.05) is 12.1 Å². The van der Waals surface area contributed by atoms with Crippen LogP contribution in [0.15, 0.2) is 50.5 Å². The summed E-state index contributed by atoms with van der Waals surface area (Å²) in [5.74, 6) is -0.154. The third kappa shape index (κ3) is 3.76. The molecular formula is C11H12N4O2S2. The van der Waals surface area contributed by atoms with Crippen molar-refractivity contribution in [2.24, 2.45) is 10.1 Å². The molecule has 8 heteroatoms. The Kier molecular flexibility index (Phi) is 4.13. The number of hydrogen-bond donors (Lipinski definition) is 2. The highest BCUT2D eigenvalue weighted by Crippen LogP contribution is 2.17. The van der Waals surface area contributed by atoms with Gasteiger partial charge in [0.2, 0.25) is 5.96 Å². The molecular weight excluding hydrogens is 284 g/mol. The monoisotopic (exact) mass is 296 g/mol. The molecule has 0 atom stereocenters. The molecule has 3 N–H and O–H groups in total. The quantitative estimate of drug-likeness (QED) is 0.646. The zero-order valence-electron chi connectivity index (χ0n) is 9.85. The van der Waals surface area contributed by atoms with Crippen LogP contribution in [-0.2, 0) is 16.6 Å². The van der Waals surface area contributed by atoms with Crippen LogP contribution in [0.25, 0.3) is 0 Å². The Morgan fingerprint density at radius 1 is 1.37 bits per heavy atom. The first-order valence-electron chi connectivity index (χ1n) is 5.36. The van der Waals surface area contributed by atoms with Crippen molar-refractivity contribution in [2.75, 3.05) is 0 Å². The Balaban J connectivity index is 2.04. The van der Waals surface area contributed by atoms with E-state index in [0.29, 0.717) is 6.54 Å². The molecule has 0 spiro atoms. The van der Waals surface area contributed by atoms with Gasteiger partial charge in [-0.2, -0.15) is 8.42 Å². The lowest BCUT2D eigenvalue weighted by Crippen LogP contribution is -2.32. The summed E-state index contributed by atoms with van der Waals surface area (Å²) in [7, 11) is -3.72. The van der Waals surface area contributed by atoms with Crippen LogP contribution in [0.5, 0.6) is 0 Å². The summed E-state index contributed by atoms with van der Waals surface area (Å²) in [6, 6.07) is 8.55. The number of hydrogen-bond acceptors (Lipinski definition) is 4. The zero-order chi connectivity index (χ0) is 13.7. The zero-order valence-corrected chi connectivity index (χ0v) is 11.5. The third-order valence-electron chi connectivity index (χ3n) is 2.14. The average molecular weight is 296 g/mol. The first kappa shape index (κ1) is 13.5. The van der Waals surface area contributed by atoms with Crippen LogP contribution in [0.1, 0.15) is 5.69 Å². The lowest BCUT2D eigenvalue weighted by atomic mass is 10.3. The molecule has 2 heterocycles. The molecule has 0 fully saturated rings. The first-order chi connectivity index (χ1) is 9.08. The van der Waals surface area contributed by atoms with Crippen LogP contribution in [0.2, 0.25) is 0 Å². The molecule has 100 valence electrons. The molecule has 0 unspecified atom stereocenters. The van der Waals surface area contributed by atoms with E-state index in [4.69, 9.17) is 5.73 Å². The molecule has 0 amide bonds. The molecule has 0 aliphatic rings. The number of sulfonamides is 1. The van der Waals surface area contributed by atoms with E-state index in [-0.39, 0.29) is 10.2 Å². The Labute approximate surface area is 115 Å². The molecule has 19 heavy (non-hydrogen) atoms. The SMILES string of the molecule is N/C(=N\S(=O)(=O)c1cccs1)NCc1ccccn1. The van der Waals surface area contributed by atoms with Gasteiger partial charge in [0.15, 0.2) is 0 Å². The van der Waals surface area contributed by atoms with Crippen LogP contribution in [-0.4, -0.2) is 19.4 Å². The summed E-state index contributed by atoms with van der Waals surface area (Å²) in [5.41, 5.74) is 6.29. The van der Waals surface area contributed by atoms with Crippen molar-refractivity contribution in [1.82, 2.24) is 10.3 Å². The molecule has 0 bridgehead atoms. The molecule has 2 aromatic heterocycles. The van der Waals surface area contributed by atoms with Crippen LogP contribution < -0.4 is 11.1 Å². The van der Waals surface area contributed by atoms with E-state index < -0.39 is 10.0 Å². The van der Waals surface area contributed by atoms with Crippen molar-refractivity contribution < 1.29 is 8.42 Å². The van der Waals surface area contributed by atoms with Crippen molar-refractivity contribution in [3.05, 3.63) is 47.6 Å². The van der Waals surface area contributed by atoms with E-state index in [1.165, 1.54) is 6.07 Å². The fourth-order valence-electron chi connectivity index (χ4n) is 1.30.